The molecular formula is C14H12Cl2N2S. The average Bonchev–Trinajstić information content (AvgIpc) is 2.37. The summed E-state index contributed by atoms with van der Waals surface area (Å²) in [5, 5.41) is 8.71. The van der Waals surface area contributed by atoms with Crippen LogP contribution in [0.4, 0.5) is 0 Å². The summed E-state index contributed by atoms with van der Waals surface area (Å²) in [5.74, 6) is 0.771. The van der Waals surface area contributed by atoms with E-state index in [0.717, 1.165) is 21.2 Å². The maximum atomic E-state index is 7.36. The fourth-order valence-electron chi connectivity index (χ4n) is 1.55. The van der Waals surface area contributed by atoms with Gasteiger partial charge in [0.05, 0.1) is 0 Å². The molecule has 0 aliphatic heterocycles. The van der Waals surface area contributed by atoms with Crippen molar-refractivity contribution in [2.24, 2.45) is 5.73 Å². The lowest BCUT2D eigenvalue weighted by Gasteiger charge is -2.07. The van der Waals surface area contributed by atoms with Crippen molar-refractivity contribution in [2.75, 3.05) is 0 Å². The molecule has 2 nitrogen and oxygen atoms in total. The van der Waals surface area contributed by atoms with Crippen LogP contribution < -0.4 is 5.73 Å². The molecule has 2 aromatic rings. The number of benzene rings is 2. The summed E-state index contributed by atoms with van der Waals surface area (Å²) >= 11 is 13.8. The first-order chi connectivity index (χ1) is 9.06. The van der Waals surface area contributed by atoms with Crippen LogP contribution in [-0.2, 0) is 5.75 Å². The molecular weight excluding hydrogens is 299 g/mol. The summed E-state index contributed by atoms with van der Waals surface area (Å²) in [6, 6.07) is 13.1. The van der Waals surface area contributed by atoms with E-state index in [9.17, 15) is 0 Å². The first kappa shape index (κ1) is 14.3. The van der Waals surface area contributed by atoms with E-state index in [1.807, 2.05) is 36.4 Å². The van der Waals surface area contributed by atoms with Gasteiger partial charge in [-0.1, -0.05) is 41.4 Å². The largest absolute Gasteiger partial charge is 0.384 e. The van der Waals surface area contributed by atoms with E-state index in [0.29, 0.717) is 10.6 Å². The Hall–Kier alpha value is -1.16. The van der Waals surface area contributed by atoms with Crippen molar-refractivity contribution >= 4 is 40.8 Å². The third-order valence-corrected chi connectivity index (χ3v) is 4.18. The molecule has 0 atom stereocenters. The average molecular weight is 311 g/mol. The summed E-state index contributed by atoms with van der Waals surface area (Å²) in [6.45, 7) is 0. The van der Waals surface area contributed by atoms with Gasteiger partial charge in [0.25, 0.3) is 0 Å². The Morgan fingerprint density at radius 3 is 2.58 bits per heavy atom. The predicted molar refractivity (Wildman–Crippen MR) is 83.5 cm³/mol. The Kier molecular flexibility index (Phi) is 4.75. The standard InChI is InChI=1S/C14H12Cl2N2S/c15-11-2-1-3-12(7-11)19-8-10-5-4-9(14(17)18)6-13(10)16/h1-7H,8H2,(H3,17,18). The number of hydrogen-bond donors (Lipinski definition) is 2. The van der Waals surface area contributed by atoms with Gasteiger partial charge in [0, 0.05) is 26.3 Å². The zero-order chi connectivity index (χ0) is 13.8. The first-order valence-electron chi connectivity index (χ1n) is 5.57. The monoisotopic (exact) mass is 310 g/mol. The molecule has 3 N–H and O–H groups in total. The molecule has 0 spiro atoms. The van der Waals surface area contributed by atoms with Gasteiger partial charge in [-0.05, 0) is 29.8 Å². The highest BCUT2D eigenvalue weighted by Crippen LogP contribution is 2.28. The summed E-state index contributed by atoms with van der Waals surface area (Å²) in [6.07, 6.45) is 0. The van der Waals surface area contributed by atoms with E-state index in [-0.39, 0.29) is 5.84 Å². The molecule has 0 aliphatic carbocycles. The number of thioether (sulfide) groups is 1. The minimum absolute atomic E-state index is 0.0240. The van der Waals surface area contributed by atoms with Crippen molar-refractivity contribution in [2.45, 2.75) is 10.6 Å². The van der Waals surface area contributed by atoms with Crippen LogP contribution in [0.25, 0.3) is 0 Å². The zero-order valence-electron chi connectivity index (χ0n) is 9.99. The van der Waals surface area contributed by atoms with E-state index < -0.39 is 0 Å². The quantitative estimate of drug-likeness (QED) is 0.494. The second kappa shape index (κ2) is 6.33. The van der Waals surface area contributed by atoms with Gasteiger partial charge in [0.15, 0.2) is 0 Å². The SMILES string of the molecule is N=C(N)c1ccc(CSc2cccc(Cl)c2)c(Cl)c1. The van der Waals surface area contributed by atoms with Gasteiger partial charge in [-0.2, -0.15) is 0 Å². The Labute approximate surface area is 126 Å². The van der Waals surface area contributed by atoms with Crippen LogP contribution in [0.3, 0.4) is 0 Å². The number of rotatable bonds is 4. The molecule has 0 heterocycles. The van der Waals surface area contributed by atoms with E-state index >= 15 is 0 Å². The summed E-state index contributed by atoms with van der Waals surface area (Å²) < 4.78 is 0. The van der Waals surface area contributed by atoms with E-state index in [2.05, 4.69) is 0 Å². The van der Waals surface area contributed by atoms with Gasteiger partial charge < -0.3 is 5.73 Å². The van der Waals surface area contributed by atoms with Gasteiger partial charge in [-0.3, -0.25) is 5.41 Å². The number of nitrogens with two attached hydrogens (primary N) is 1. The van der Waals surface area contributed by atoms with Crippen LogP contribution in [-0.4, -0.2) is 5.84 Å². The molecule has 0 aromatic heterocycles. The predicted octanol–water partition coefficient (Wildman–Crippen LogP) is 4.57. The summed E-state index contributed by atoms with van der Waals surface area (Å²) in [4.78, 5) is 1.10. The molecule has 0 bridgehead atoms. The fourth-order valence-corrected chi connectivity index (χ4v) is 3.09. The minimum Gasteiger partial charge on any atom is -0.384 e. The molecule has 5 heteroatoms. The van der Waals surface area contributed by atoms with Crippen LogP contribution in [0, 0.1) is 5.41 Å². The lowest BCUT2D eigenvalue weighted by Crippen LogP contribution is -2.10. The number of nitrogens with one attached hydrogen (secondary N) is 1. The third-order valence-electron chi connectivity index (χ3n) is 2.55. The second-order valence-corrected chi connectivity index (χ2v) is 5.86. The molecule has 0 radical (unpaired) electrons. The molecule has 2 rings (SSSR count). The van der Waals surface area contributed by atoms with E-state index in [1.54, 1.807) is 17.8 Å². The molecule has 0 fully saturated rings. The molecule has 19 heavy (non-hydrogen) atoms. The molecule has 0 unspecified atom stereocenters. The van der Waals surface area contributed by atoms with Crippen LogP contribution in [0.1, 0.15) is 11.1 Å². The molecule has 0 amide bonds. The maximum absolute atomic E-state index is 7.36. The van der Waals surface area contributed by atoms with Gasteiger partial charge in [-0.15, -0.1) is 11.8 Å². The number of hydrogen-bond acceptors (Lipinski definition) is 2. The van der Waals surface area contributed by atoms with Gasteiger partial charge in [0.2, 0.25) is 0 Å². The van der Waals surface area contributed by atoms with Crippen molar-refractivity contribution in [1.29, 1.82) is 5.41 Å². The van der Waals surface area contributed by atoms with Crippen LogP contribution >= 0.6 is 35.0 Å². The van der Waals surface area contributed by atoms with Crippen molar-refractivity contribution in [3.63, 3.8) is 0 Å². The van der Waals surface area contributed by atoms with E-state index in [1.165, 1.54) is 0 Å². The summed E-state index contributed by atoms with van der Waals surface area (Å²) in [7, 11) is 0. The fraction of sp³-hybridized carbons (Fsp3) is 0.0714. The Morgan fingerprint density at radius 2 is 1.95 bits per heavy atom. The smallest absolute Gasteiger partial charge is 0.122 e. The Balaban J connectivity index is 2.10. The Morgan fingerprint density at radius 1 is 1.16 bits per heavy atom. The van der Waals surface area contributed by atoms with Gasteiger partial charge >= 0.3 is 0 Å². The van der Waals surface area contributed by atoms with Gasteiger partial charge in [-0.25, -0.2) is 0 Å². The van der Waals surface area contributed by atoms with E-state index in [4.69, 9.17) is 34.3 Å². The third kappa shape index (κ3) is 3.90. The number of halogens is 2. The van der Waals surface area contributed by atoms with Crippen LogP contribution in [0.2, 0.25) is 10.0 Å². The van der Waals surface area contributed by atoms with Crippen LogP contribution in [0.15, 0.2) is 47.4 Å². The maximum Gasteiger partial charge on any atom is 0.122 e. The molecule has 0 saturated carbocycles. The number of nitrogen functional groups attached to an aromatic ring is 1. The molecule has 98 valence electrons. The van der Waals surface area contributed by atoms with Crippen molar-refractivity contribution < 1.29 is 0 Å². The van der Waals surface area contributed by atoms with Gasteiger partial charge in [0.1, 0.15) is 5.84 Å². The lowest BCUT2D eigenvalue weighted by molar-refractivity contribution is 1.36. The second-order valence-electron chi connectivity index (χ2n) is 3.97. The molecule has 0 aliphatic rings. The van der Waals surface area contributed by atoms with Crippen molar-refractivity contribution in [3.8, 4) is 0 Å². The minimum atomic E-state index is 0.0240. The Bertz CT molecular complexity index is 614. The van der Waals surface area contributed by atoms with Crippen molar-refractivity contribution in [1.82, 2.24) is 0 Å². The topological polar surface area (TPSA) is 49.9 Å². The highest BCUT2D eigenvalue weighted by molar-refractivity contribution is 7.98. The highest BCUT2D eigenvalue weighted by Gasteiger charge is 2.05. The zero-order valence-corrected chi connectivity index (χ0v) is 12.3. The molecule has 2 aromatic carbocycles. The summed E-state index contributed by atoms with van der Waals surface area (Å²) in [5.41, 5.74) is 7.07. The normalized spacial score (nSPS) is 10.4. The highest BCUT2D eigenvalue weighted by atomic mass is 35.5. The first-order valence-corrected chi connectivity index (χ1v) is 7.31. The number of amidine groups is 1. The lowest BCUT2D eigenvalue weighted by atomic mass is 10.1. The van der Waals surface area contributed by atoms with Crippen molar-refractivity contribution in [3.05, 3.63) is 63.6 Å². The van der Waals surface area contributed by atoms with Crippen LogP contribution in [0.5, 0.6) is 0 Å². The molecule has 0 saturated heterocycles.